The molecule has 96 valence electrons. The van der Waals surface area contributed by atoms with Gasteiger partial charge in [-0.15, -0.1) is 0 Å². The number of nitrogens with two attached hydrogens (primary N) is 1. The first-order valence-corrected chi connectivity index (χ1v) is 7.01. The van der Waals surface area contributed by atoms with Crippen LogP contribution >= 0.6 is 0 Å². The van der Waals surface area contributed by atoms with Gasteiger partial charge in [-0.2, -0.15) is 0 Å². The highest BCUT2D eigenvalue weighted by molar-refractivity contribution is 5.82. The van der Waals surface area contributed by atoms with E-state index < -0.39 is 0 Å². The fraction of sp³-hybridized carbons (Fsp3) is 0.929. The van der Waals surface area contributed by atoms with E-state index in [9.17, 15) is 4.79 Å². The third kappa shape index (κ3) is 1.48. The van der Waals surface area contributed by atoms with Crippen molar-refractivity contribution in [3.8, 4) is 0 Å². The van der Waals surface area contributed by atoms with Crippen LogP contribution in [-0.4, -0.2) is 5.91 Å². The Balaban J connectivity index is 1.97. The highest BCUT2D eigenvalue weighted by atomic mass is 16.2. The summed E-state index contributed by atoms with van der Waals surface area (Å²) in [5.41, 5.74) is 2.74. The summed E-state index contributed by atoms with van der Waals surface area (Å²) in [7, 11) is 0. The topological polar surface area (TPSA) is 55.1 Å². The maximum absolute atomic E-state index is 12.2. The fourth-order valence-corrected chi connectivity index (χ4v) is 5.43. The van der Waals surface area contributed by atoms with Gasteiger partial charge < -0.3 is 0 Å². The summed E-state index contributed by atoms with van der Waals surface area (Å²) in [4.78, 5) is 12.2. The van der Waals surface area contributed by atoms with Gasteiger partial charge in [0.2, 0.25) is 5.91 Å². The Bertz CT molecular complexity index is 336. The van der Waals surface area contributed by atoms with Crippen molar-refractivity contribution in [2.75, 3.05) is 0 Å². The fourth-order valence-electron chi connectivity index (χ4n) is 5.43. The van der Waals surface area contributed by atoms with Crippen LogP contribution in [0.1, 0.15) is 52.4 Å². The van der Waals surface area contributed by atoms with Crippen LogP contribution in [0.3, 0.4) is 0 Å². The van der Waals surface area contributed by atoms with Crippen molar-refractivity contribution in [1.82, 2.24) is 5.43 Å². The Morgan fingerprint density at radius 1 is 1.24 bits per heavy atom. The molecule has 0 aromatic carbocycles. The summed E-state index contributed by atoms with van der Waals surface area (Å²) in [6.07, 6.45) is 7.30. The molecule has 2 atom stereocenters. The van der Waals surface area contributed by atoms with Gasteiger partial charge in [0.25, 0.3) is 0 Å². The third-order valence-electron chi connectivity index (χ3n) is 5.94. The number of carbonyl (C=O) groups excluding carboxylic acids is 1. The number of carbonyl (C=O) groups is 1. The van der Waals surface area contributed by atoms with Gasteiger partial charge in [0.05, 0.1) is 5.41 Å². The molecule has 4 rings (SSSR count). The van der Waals surface area contributed by atoms with Crippen LogP contribution in [0.25, 0.3) is 0 Å². The molecule has 3 heteroatoms. The SMILES string of the molecule is CC(C)C12C[C@@H]3C[C@H](CC(C(=O)NN)(C3)C1)C2. The number of hydrazine groups is 1. The second-order valence-electron chi connectivity index (χ2n) is 7.23. The normalized spacial score (nSPS) is 47.5. The molecule has 4 saturated carbocycles. The van der Waals surface area contributed by atoms with Crippen molar-refractivity contribution in [3.63, 3.8) is 0 Å². The molecule has 4 aliphatic rings. The number of rotatable bonds is 2. The van der Waals surface area contributed by atoms with Crippen molar-refractivity contribution in [3.05, 3.63) is 0 Å². The lowest BCUT2D eigenvalue weighted by molar-refractivity contribution is -0.163. The first kappa shape index (κ1) is 11.5. The van der Waals surface area contributed by atoms with Crippen LogP contribution in [0.4, 0.5) is 0 Å². The molecule has 0 radical (unpaired) electrons. The van der Waals surface area contributed by atoms with Crippen molar-refractivity contribution in [2.24, 2.45) is 34.4 Å². The van der Waals surface area contributed by atoms with Crippen molar-refractivity contribution in [2.45, 2.75) is 52.4 Å². The van der Waals surface area contributed by atoms with Gasteiger partial charge in [0.1, 0.15) is 0 Å². The van der Waals surface area contributed by atoms with E-state index in [0.717, 1.165) is 31.1 Å². The summed E-state index contributed by atoms with van der Waals surface area (Å²) in [6, 6.07) is 0. The van der Waals surface area contributed by atoms with Crippen LogP contribution < -0.4 is 11.3 Å². The molecular weight excluding hydrogens is 212 g/mol. The molecule has 1 amide bonds. The molecule has 0 aromatic rings. The van der Waals surface area contributed by atoms with Gasteiger partial charge in [-0.25, -0.2) is 5.84 Å². The average molecular weight is 236 g/mol. The number of hydrogen-bond acceptors (Lipinski definition) is 2. The second-order valence-corrected chi connectivity index (χ2v) is 7.23. The van der Waals surface area contributed by atoms with Crippen LogP contribution in [0, 0.1) is 28.6 Å². The lowest BCUT2D eigenvalue weighted by atomic mass is 9.42. The molecule has 3 nitrogen and oxygen atoms in total. The van der Waals surface area contributed by atoms with E-state index in [2.05, 4.69) is 19.3 Å². The van der Waals surface area contributed by atoms with Crippen LogP contribution in [0.15, 0.2) is 0 Å². The van der Waals surface area contributed by atoms with E-state index in [0.29, 0.717) is 11.3 Å². The molecule has 17 heavy (non-hydrogen) atoms. The molecule has 0 aromatic heterocycles. The zero-order valence-corrected chi connectivity index (χ0v) is 11.0. The van der Waals surface area contributed by atoms with Crippen molar-refractivity contribution >= 4 is 5.91 Å². The van der Waals surface area contributed by atoms with Crippen LogP contribution in [0.5, 0.6) is 0 Å². The summed E-state index contributed by atoms with van der Waals surface area (Å²) in [5.74, 6) is 7.76. The van der Waals surface area contributed by atoms with Crippen LogP contribution in [-0.2, 0) is 4.79 Å². The highest BCUT2D eigenvalue weighted by Crippen LogP contribution is 2.67. The smallest absolute Gasteiger partial charge is 0.240 e. The lowest BCUT2D eigenvalue weighted by Gasteiger charge is -2.62. The molecule has 0 aliphatic heterocycles. The molecule has 4 fully saturated rings. The number of nitrogens with one attached hydrogen (secondary N) is 1. The Kier molecular flexibility index (Phi) is 2.35. The first-order valence-electron chi connectivity index (χ1n) is 7.01. The zero-order chi connectivity index (χ0) is 12.3. The summed E-state index contributed by atoms with van der Waals surface area (Å²) in [6.45, 7) is 4.67. The quantitative estimate of drug-likeness (QED) is 0.439. The van der Waals surface area contributed by atoms with Gasteiger partial charge in [-0.3, -0.25) is 10.2 Å². The Morgan fingerprint density at radius 3 is 2.29 bits per heavy atom. The van der Waals surface area contributed by atoms with Gasteiger partial charge in [0.15, 0.2) is 0 Å². The predicted molar refractivity (Wildman–Crippen MR) is 66.7 cm³/mol. The third-order valence-corrected chi connectivity index (χ3v) is 5.94. The molecule has 0 unspecified atom stereocenters. The standard InChI is InChI=1S/C14H24N2O/c1-9(2)13-4-10-3-11(5-13)7-14(6-10,8-13)12(17)16-15/h9-11H,3-8,15H2,1-2H3,(H,16,17)/t10-,11-,13?,14?/m0/s1. The second kappa shape index (κ2) is 3.47. The minimum absolute atomic E-state index is 0.108. The highest BCUT2D eigenvalue weighted by Gasteiger charge is 2.61. The predicted octanol–water partition coefficient (Wildman–Crippen LogP) is 2.22. The van der Waals surface area contributed by atoms with Crippen molar-refractivity contribution < 1.29 is 4.79 Å². The molecular formula is C14H24N2O. The minimum Gasteiger partial charge on any atom is -0.294 e. The van der Waals surface area contributed by atoms with E-state index in [4.69, 9.17) is 5.84 Å². The van der Waals surface area contributed by atoms with Gasteiger partial charge >= 0.3 is 0 Å². The molecule has 0 heterocycles. The maximum Gasteiger partial charge on any atom is 0.240 e. The van der Waals surface area contributed by atoms with E-state index in [1.807, 2.05) is 0 Å². The van der Waals surface area contributed by atoms with Crippen molar-refractivity contribution in [1.29, 1.82) is 0 Å². The van der Waals surface area contributed by atoms with Gasteiger partial charge in [0, 0.05) is 0 Å². The lowest BCUT2D eigenvalue weighted by Crippen LogP contribution is -2.59. The van der Waals surface area contributed by atoms with E-state index in [1.165, 1.54) is 19.3 Å². The van der Waals surface area contributed by atoms with Gasteiger partial charge in [-0.05, 0) is 61.7 Å². The zero-order valence-electron chi connectivity index (χ0n) is 11.0. The summed E-state index contributed by atoms with van der Waals surface area (Å²) < 4.78 is 0. The average Bonchev–Trinajstić information content (AvgIpc) is 2.26. The Hall–Kier alpha value is -0.570. The van der Waals surface area contributed by atoms with Gasteiger partial charge in [-0.1, -0.05) is 13.8 Å². The molecule has 4 bridgehead atoms. The first-order chi connectivity index (χ1) is 8.00. The summed E-state index contributed by atoms with van der Waals surface area (Å²) >= 11 is 0. The molecule has 0 saturated heterocycles. The van der Waals surface area contributed by atoms with E-state index in [-0.39, 0.29) is 11.3 Å². The largest absolute Gasteiger partial charge is 0.294 e. The van der Waals surface area contributed by atoms with E-state index >= 15 is 0 Å². The number of amides is 1. The Morgan fingerprint density at radius 2 is 1.82 bits per heavy atom. The Labute approximate surface area is 103 Å². The molecule has 4 aliphatic carbocycles. The molecule has 0 spiro atoms. The molecule has 3 N–H and O–H groups in total. The summed E-state index contributed by atoms with van der Waals surface area (Å²) in [5, 5.41) is 0. The number of hydrogen-bond donors (Lipinski definition) is 2. The monoisotopic (exact) mass is 236 g/mol. The van der Waals surface area contributed by atoms with E-state index in [1.54, 1.807) is 0 Å². The van der Waals surface area contributed by atoms with Crippen LogP contribution in [0.2, 0.25) is 0 Å². The maximum atomic E-state index is 12.2. The minimum atomic E-state index is -0.122.